The summed E-state index contributed by atoms with van der Waals surface area (Å²) in [6.07, 6.45) is 14.1. The van der Waals surface area contributed by atoms with Gasteiger partial charge in [-0.25, -0.2) is 0 Å². The van der Waals surface area contributed by atoms with E-state index in [0.29, 0.717) is 17.6 Å². The van der Waals surface area contributed by atoms with Crippen LogP contribution in [0.2, 0.25) is 0 Å². The second-order valence-corrected chi connectivity index (χ2v) is 8.54. The predicted octanol–water partition coefficient (Wildman–Crippen LogP) is 4.18. The van der Waals surface area contributed by atoms with Gasteiger partial charge < -0.3 is 9.47 Å². The van der Waals surface area contributed by atoms with Crippen molar-refractivity contribution in [3.63, 3.8) is 0 Å². The van der Waals surface area contributed by atoms with Gasteiger partial charge in [-0.3, -0.25) is 4.79 Å². The molecule has 3 heteroatoms. The Balaban J connectivity index is 1.55. The highest BCUT2D eigenvalue weighted by molar-refractivity contribution is 5.93. The van der Waals surface area contributed by atoms with Crippen LogP contribution in [0.15, 0.2) is 23.8 Å². The van der Waals surface area contributed by atoms with Crippen LogP contribution in [0.25, 0.3) is 0 Å². The molecule has 0 N–H and O–H groups in total. The van der Waals surface area contributed by atoms with Gasteiger partial charge in [-0.1, -0.05) is 31.6 Å². The molecule has 1 spiro atoms. The number of fused-ring (bicyclic) bond motifs is 1. The third-order valence-electron chi connectivity index (χ3n) is 6.84. The van der Waals surface area contributed by atoms with Crippen LogP contribution in [0, 0.1) is 16.2 Å². The molecular formula is C20H28O3. The van der Waals surface area contributed by atoms with Crippen LogP contribution in [0.4, 0.5) is 0 Å². The van der Waals surface area contributed by atoms with Crippen LogP contribution in [0.1, 0.15) is 58.8 Å². The maximum atomic E-state index is 12.3. The largest absolute Gasteiger partial charge is 0.350 e. The Hall–Kier alpha value is -0.930. The second-order valence-electron chi connectivity index (χ2n) is 8.54. The fourth-order valence-electron chi connectivity index (χ4n) is 5.50. The van der Waals surface area contributed by atoms with Gasteiger partial charge in [0.25, 0.3) is 0 Å². The maximum absolute atomic E-state index is 12.3. The monoisotopic (exact) mass is 316 g/mol. The Morgan fingerprint density at radius 2 is 1.96 bits per heavy atom. The van der Waals surface area contributed by atoms with Gasteiger partial charge in [-0.15, -0.1) is 0 Å². The molecule has 0 aromatic heterocycles. The zero-order chi connectivity index (χ0) is 16.1. The van der Waals surface area contributed by atoms with Crippen LogP contribution < -0.4 is 0 Å². The molecular weight excluding hydrogens is 288 g/mol. The van der Waals surface area contributed by atoms with E-state index in [4.69, 9.17) is 9.47 Å². The predicted molar refractivity (Wildman–Crippen MR) is 88.9 cm³/mol. The highest BCUT2D eigenvalue weighted by atomic mass is 16.7. The molecule has 1 aliphatic heterocycles. The standard InChI is InChI=1S/C20H28O3/c1-18-6-8-19(2)13-16(21)12-15(20(19,14-18)9-7-18)4-3-5-17-22-10-11-23-17/h6,8,12,17H,3-5,7,9-11,13-14H2,1-2H3/t18-,19+,20+/m0/s1. The molecule has 0 unspecified atom stereocenters. The van der Waals surface area contributed by atoms with E-state index in [0.717, 1.165) is 32.5 Å². The highest BCUT2D eigenvalue weighted by Crippen LogP contribution is 2.68. The summed E-state index contributed by atoms with van der Waals surface area (Å²) in [5.74, 6) is 0.307. The van der Waals surface area contributed by atoms with Gasteiger partial charge in [-0.05, 0) is 50.0 Å². The lowest BCUT2D eigenvalue weighted by molar-refractivity contribution is -0.119. The first-order chi connectivity index (χ1) is 10.9. The fraction of sp³-hybridized carbons (Fsp3) is 0.750. The summed E-state index contributed by atoms with van der Waals surface area (Å²) in [5.41, 5.74) is 1.96. The lowest BCUT2D eigenvalue weighted by atomic mass is 9.51. The SMILES string of the molecule is C[C@]12C=C[C@]3(C)CC(=O)C=C(CCCC4OCCO4)[C@@]3(CC1)C2. The molecule has 0 radical (unpaired) electrons. The van der Waals surface area contributed by atoms with Crippen molar-refractivity contribution in [2.75, 3.05) is 13.2 Å². The van der Waals surface area contributed by atoms with Crippen LogP contribution in [-0.2, 0) is 14.3 Å². The number of ketones is 1. The summed E-state index contributed by atoms with van der Waals surface area (Å²) in [6.45, 7) is 6.13. The topological polar surface area (TPSA) is 35.5 Å². The van der Waals surface area contributed by atoms with Crippen LogP contribution in [0.3, 0.4) is 0 Å². The Morgan fingerprint density at radius 3 is 2.74 bits per heavy atom. The number of carbonyl (C=O) groups is 1. The number of hydrogen-bond acceptors (Lipinski definition) is 3. The van der Waals surface area contributed by atoms with E-state index >= 15 is 0 Å². The quantitative estimate of drug-likeness (QED) is 0.730. The van der Waals surface area contributed by atoms with Gasteiger partial charge in [0.15, 0.2) is 12.1 Å². The first kappa shape index (κ1) is 15.6. The van der Waals surface area contributed by atoms with Crippen molar-refractivity contribution in [2.45, 2.75) is 65.1 Å². The molecule has 0 aromatic carbocycles. The van der Waals surface area contributed by atoms with E-state index in [1.54, 1.807) is 0 Å². The third kappa shape index (κ3) is 2.44. The summed E-state index contributed by atoms with van der Waals surface area (Å²) in [7, 11) is 0. The number of carbonyl (C=O) groups excluding carboxylic acids is 1. The summed E-state index contributed by atoms with van der Waals surface area (Å²) in [6, 6.07) is 0. The first-order valence-corrected chi connectivity index (χ1v) is 9.12. The molecule has 2 bridgehead atoms. The van der Waals surface area contributed by atoms with E-state index in [9.17, 15) is 4.79 Å². The van der Waals surface area contributed by atoms with Gasteiger partial charge >= 0.3 is 0 Å². The molecule has 126 valence electrons. The summed E-state index contributed by atoms with van der Waals surface area (Å²) in [4.78, 5) is 12.3. The molecule has 3 aliphatic carbocycles. The average molecular weight is 316 g/mol. The normalized spacial score (nSPS) is 42.9. The molecule has 3 nitrogen and oxygen atoms in total. The third-order valence-corrected chi connectivity index (χ3v) is 6.84. The molecule has 4 aliphatic rings. The number of allylic oxidation sites excluding steroid dienone is 4. The van der Waals surface area contributed by atoms with Crippen molar-refractivity contribution in [3.8, 4) is 0 Å². The lowest BCUT2D eigenvalue weighted by Crippen LogP contribution is -2.45. The first-order valence-electron chi connectivity index (χ1n) is 9.12. The minimum atomic E-state index is -0.0288. The lowest BCUT2D eigenvalue weighted by Gasteiger charge is -2.52. The van der Waals surface area contributed by atoms with E-state index in [2.05, 4.69) is 26.0 Å². The van der Waals surface area contributed by atoms with Crippen LogP contribution in [-0.4, -0.2) is 25.3 Å². The molecule has 1 saturated carbocycles. The maximum Gasteiger partial charge on any atom is 0.157 e. The minimum absolute atomic E-state index is 0.0184. The zero-order valence-electron chi connectivity index (χ0n) is 14.4. The smallest absolute Gasteiger partial charge is 0.157 e. The van der Waals surface area contributed by atoms with Crippen molar-refractivity contribution in [1.82, 2.24) is 0 Å². The van der Waals surface area contributed by atoms with E-state index in [-0.39, 0.29) is 17.1 Å². The van der Waals surface area contributed by atoms with Gasteiger partial charge in [0, 0.05) is 17.3 Å². The number of ether oxygens (including phenoxy) is 2. The molecule has 2 fully saturated rings. The van der Waals surface area contributed by atoms with Gasteiger partial charge in [0.05, 0.1) is 13.2 Å². The van der Waals surface area contributed by atoms with Crippen molar-refractivity contribution in [1.29, 1.82) is 0 Å². The van der Waals surface area contributed by atoms with Crippen LogP contribution >= 0.6 is 0 Å². The average Bonchev–Trinajstić information content (AvgIpc) is 3.10. The molecule has 0 amide bonds. The van der Waals surface area contributed by atoms with Crippen molar-refractivity contribution in [3.05, 3.63) is 23.8 Å². The summed E-state index contributed by atoms with van der Waals surface area (Å²) in [5, 5.41) is 0. The Kier molecular flexibility index (Phi) is 3.58. The van der Waals surface area contributed by atoms with Crippen LogP contribution in [0.5, 0.6) is 0 Å². The molecule has 1 heterocycles. The number of rotatable bonds is 4. The molecule has 23 heavy (non-hydrogen) atoms. The van der Waals surface area contributed by atoms with E-state index in [1.807, 2.05) is 6.08 Å². The highest BCUT2D eigenvalue weighted by Gasteiger charge is 2.59. The van der Waals surface area contributed by atoms with Crippen molar-refractivity contribution < 1.29 is 14.3 Å². The molecule has 1 saturated heterocycles. The molecule has 0 aromatic rings. The van der Waals surface area contributed by atoms with Gasteiger partial charge in [0.2, 0.25) is 0 Å². The minimum Gasteiger partial charge on any atom is -0.350 e. The summed E-state index contributed by atoms with van der Waals surface area (Å²) >= 11 is 0. The fourth-order valence-corrected chi connectivity index (χ4v) is 5.50. The summed E-state index contributed by atoms with van der Waals surface area (Å²) < 4.78 is 11.1. The van der Waals surface area contributed by atoms with E-state index < -0.39 is 0 Å². The Morgan fingerprint density at radius 1 is 1.17 bits per heavy atom. The van der Waals surface area contributed by atoms with Gasteiger partial charge in [0.1, 0.15) is 0 Å². The number of hydrogen-bond donors (Lipinski definition) is 0. The Bertz CT molecular complexity index is 571. The second kappa shape index (κ2) is 5.29. The Labute approximate surface area is 139 Å². The van der Waals surface area contributed by atoms with Crippen molar-refractivity contribution in [2.24, 2.45) is 16.2 Å². The zero-order valence-corrected chi connectivity index (χ0v) is 14.4. The molecule has 4 rings (SSSR count). The molecule has 3 atom stereocenters. The van der Waals surface area contributed by atoms with E-state index in [1.165, 1.54) is 24.8 Å². The van der Waals surface area contributed by atoms with Crippen molar-refractivity contribution >= 4 is 5.78 Å². The van der Waals surface area contributed by atoms with Gasteiger partial charge in [-0.2, -0.15) is 0 Å².